The Morgan fingerprint density at radius 3 is 2.72 bits per heavy atom. The van der Waals surface area contributed by atoms with Crippen LogP contribution in [0.25, 0.3) is 6.08 Å². The van der Waals surface area contributed by atoms with Gasteiger partial charge < -0.3 is 5.11 Å². The molecule has 1 aliphatic rings. The van der Waals surface area contributed by atoms with Gasteiger partial charge >= 0.3 is 5.97 Å². The number of halogens is 1. The first kappa shape index (κ1) is 20.0. The highest BCUT2D eigenvalue weighted by atomic mass is 35.5. The first-order valence-electron chi connectivity index (χ1n) is 7.35. The van der Waals surface area contributed by atoms with Gasteiger partial charge in [-0.15, -0.1) is 0 Å². The standard InChI is InChI=1S/C17H16ClNO3S3/c1-24-8-7-13(16(21)22)19-15(20)14(25-17(19)23)10-12(18)9-11-5-3-2-4-6-11/h2-6,9-10,13H,7-8H2,1H3,(H,21,22)/b12-9-,14-10?/t13-/m0/s1. The molecule has 1 saturated heterocycles. The normalized spacial score (nSPS) is 18.1. The molecule has 25 heavy (non-hydrogen) atoms. The number of rotatable bonds is 7. The van der Waals surface area contributed by atoms with Crippen molar-refractivity contribution >= 4 is 69.6 Å². The number of carboxylic acid groups (broad SMARTS) is 1. The number of carboxylic acids is 1. The third kappa shape index (κ3) is 5.34. The number of thiocarbonyl (C=S) groups is 1. The second-order valence-corrected chi connectivity index (χ2v) is 8.22. The molecular formula is C17H16ClNO3S3. The van der Waals surface area contributed by atoms with Crippen LogP contribution in [-0.2, 0) is 9.59 Å². The molecule has 4 nitrogen and oxygen atoms in total. The molecule has 0 saturated carbocycles. The van der Waals surface area contributed by atoms with E-state index in [4.69, 9.17) is 23.8 Å². The third-order valence-corrected chi connectivity index (χ3v) is 5.58. The van der Waals surface area contributed by atoms with Gasteiger partial charge in [-0.1, -0.05) is 65.9 Å². The van der Waals surface area contributed by atoms with Gasteiger partial charge in [0.25, 0.3) is 5.91 Å². The molecule has 0 unspecified atom stereocenters. The Hall–Kier alpha value is -1.28. The minimum absolute atomic E-state index is 0.244. The Morgan fingerprint density at radius 1 is 1.44 bits per heavy atom. The van der Waals surface area contributed by atoms with Crippen LogP contribution in [0.1, 0.15) is 12.0 Å². The number of hydrogen-bond donors (Lipinski definition) is 1. The number of benzene rings is 1. The zero-order chi connectivity index (χ0) is 18.4. The van der Waals surface area contributed by atoms with Crippen molar-refractivity contribution in [1.82, 2.24) is 4.90 Å². The zero-order valence-corrected chi connectivity index (χ0v) is 16.6. The molecule has 0 bridgehead atoms. The number of thioether (sulfide) groups is 2. The number of hydrogen-bond acceptors (Lipinski definition) is 5. The molecule has 1 amide bonds. The zero-order valence-electron chi connectivity index (χ0n) is 13.3. The van der Waals surface area contributed by atoms with Gasteiger partial charge in [0.1, 0.15) is 10.4 Å². The summed E-state index contributed by atoms with van der Waals surface area (Å²) in [4.78, 5) is 25.6. The summed E-state index contributed by atoms with van der Waals surface area (Å²) in [7, 11) is 0. The molecular weight excluding hydrogens is 398 g/mol. The summed E-state index contributed by atoms with van der Waals surface area (Å²) in [6.45, 7) is 0. The van der Waals surface area contributed by atoms with Gasteiger partial charge in [0.05, 0.1) is 4.91 Å². The highest BCUT2D eigenvalue weighted by Crippen LogP contribution is 2.35. The van der Waals surface area contributed by atoms with Crippen molar-refractivity contribution in [3.8, 4) is 0 Å². The van der Waals surface area contributed by atoms with Gasteiger partial charge in [0.15, 0.2) is 0 Å². The average Bonchev–Trinajstić information content (AvgIpc) is 2.83. The number of allylic oxidation sites excluding steroid dienone is 2. The van der Waals surface area contributed by atoms with E-state index >= 15 is 0 Å². The molecule has 0 aromatic heterocycles. The van der Waals surface area contributed by atoms with Crippen molar-refractivity contribution in [2.75, 3.05) is 12.0 Å². The maximum Gasteiger partial charge on any atom is 0.326 e. The van der Waals surface area contributed by atoms with E-state index in [1.165, 1.54) is 22.7 Å². The molecule has 1 heterocycles. The fourth-order valence-corrected chi connectivity index (χ4v) is 4.32. The topological polar surface area (TPSA) is 57.6 Å². The lowest BCUT2D eigenvalue weighted by Crippen LogP contribution is -2.44. The summed E-state index contributed by atoms with van der Waals surface area (Å²) in [6.07, 6.45) is 5.49. The molecule has 0 spiro atoms. The fourth-order valence-electron chi connectivity index (χ4n) is 2.22. The van der Waals surface area contributed by atoms with Crippen LogP contribution in [0, 0.1) is 0 Å². The number of amides is 1. The predicted molar refractivity (Wildman–Crippen MR) is 110 cm³/mol. The SMILES string of the molecule is CSCC[C@@H](C(=O)O)N1C(=O)C(=C/C(Cl)=C/c2ccccc2)SC1=S. The van der Waals surface area contributed by atoms with Crippen LogP contribution in [-0.4, -0.2) is 44.3 Å². The number of carbonyl (C=O) groups excluding carboxylic acids is 1. The minimum Gasteiger partial charge on any atom is -0.480 e. The van der Waals surface area contributed by atoms with E-state index in [-0.39, 0.29) is 4.32 Å². The van der Waals surface area contributed by atoms with Crippen molar-refractivity contribution < 1.29 is 14.7 Å². The molecule has 0 radical (unpaired) electrons. The highest BCUT2D eigenvalue weighted by Gasteiger charge is 2.40. The molecule has 132 valence electrons. The maximum atomic E-state index is 12.6. The van der Waals surface area contributed by atoms with E-state index in [2.05, 4.69) is 0 Å². The lowest BCUT2D eigenvalue weighted by Gasteiger charge is -2.22. The lowest BCUT2D eigenvalue weighted by atomic mass is 10.2. The van der Waals surface area contributed by atoms with Crippen LogP contribution in [0.3, 0.4) is 0 Å². The minimum atomic E-state index is -1.06. The molecule has 1 aliphatic heterocycles. The van der Waals surface area contributed by atoms with E-state index in [1.807, 2.05) is 36.6 Å². The second kappa shape index (κ2) is 9.43. The van der Waals surface area contributed by atoms with Gasteiger partial charge in [-0.3, -0.25) is 9.69 Å². The van der Waals surface area contributed by atoms with Gasteiger partial charge in [0, 0.05) is 5.03 Å². The third-order valence-electron chi connectivity index (χ3n) is 3.39. The summed E-state index contributed by atoms with van der Waals surface area (Å²) in [5.74, 6) is -0.845. The lowest BCUT2D eigenvalue weighted by molar-refractivity contribution is -0.145. The predicted octanol–water partition coefficient (Wildman–Crippen LogP) is 4.22. The Morgan fingerprint density at radius 2 is 2.12 bits per heavy atom. The largest absolute Gasteiger partial charge is 0.480 e. The summed E-state index contributed by atoms with van der Waals surface area (Å²) in [5, 5.41) is 9.81. The first-order valence-corrected chi connectivity index (χ1v) is 10.3. The van der Waals surface area contributed by atoms with Crippen LogP contribution in [0.15, 0.2) is 46.3 Å². The fraction of sp³-hybridized carbons (Fsp3) is 0.235. The van der Waals surface area contributed by atoms with Crippen molar-refractivity contribution in [2.24, 2.45) is 0 Å². The van der Waals surface area contributed by atoms with Crippen LogP contribution in [0.2, 0.25) is 0 Å². The molecule has 1 atom stereocenters. The van der Waals surface area contributed by atoms with Crippen molar-refractivity contribution in [3.63, 3.8) is 0 Å². The van der Waals surface area contributed by atoms with Crippen LogP contribution < -0.4 is 0 Å². The van der Waals surface area contributed by atoms with Crippen LogP contribution in [0.4, 0.5) is 0 Å². The van der Waals surface area contributed by atoms with Gasteiger partial charge in [0.2, 0.25) is 0 Å². The van der Waals surface area contributed by atoms with Gasteiger partial charge in [-0.05, 0) is 36.1 Å². The summed E-state index contributed by atoms with van der Waals surface area (Å²) in [6, 6.07) is 8.51. The van der Waals surface area contributed by atoms with Crippen LogP contribution in [0.5, 0.6) is 0 Å². The summed E-state index contributed by atoms with van der Waals surface area (Å²) >= 11 is 14.0. The Bertz CT molecular complexity index is 734. The number of carbonyl (C=O) groups is 2. The second-order valence-electron chi connectivity index (χ2n) is 5.13. The van der Waals surface area contributed by atoms with Crippen molar-refractivity contribution in [1.29, 1.82) is 0 Å². The van der Waals surface area contributed by atoms with Gasteiger partial charge in [-0.2, -0.15) is 11.8 Å². The van der Waals surface area contributed by atoms with Gasteiger partial charge in [-0.25, -0.2) is 4.79 Å². The van der Waals surface area contributed by atoms with Crippen molar-refractivity contribution in [2.45, 2.75) is 12.5 Å². The Balaban J connectivity index is 2.22. The highest BCUT2D eigenvalue weighted by molar-refractivity contribution is 8.26. The molecule has 8 heteroatoms. The molecule has 1 aromatic rings. The Labute approximate surface area is 165 Å². The van der Waals surface area contributed by atoms with E-state index in [0.717, 1.165) is 17.3 Å². The molecule has 1 aromatic carbocycles. The quantitative estimate of drug-likeness (QED) is 0.533. The molecule has 0 aliphatic carbocycles. The van der Waals surface area contributed by atoms with Crippen molar-refractivity contribution in [3.05, 3.63) is 51.9 Å². The smallest absolute Gasteiger partial charge is 0.326 e. The molecule has 1 N–H and O–H groups in total. The van der Waals surface area contributed by atoms with E-state index in [9.17, 15) is 14.7 Å². The number of aliphatic carboxylic acids is 1. The Kier molecular flexibility index (Phi) is 7.56. The van der Waals surface area contributed by atoms with E-state index < -0.39 is 17.9 Å². The molecule has 1 fully saturated rings. The summed E-state index contributed by atoms with van der Waals surface area (Å²) < 4.78 is 0.244. The van der Waals surface area contributed by atoms with E-state index in [1.54, 1.807) is 6.08 Å². The number of nitrogens with zero attached hydrogens (tertiary/aromatic N) is 1. The average molecular weight is 414 g/mol. The molecule has 2 rings (SSSR count). The van der Waals surface area contributed by atoms with Crippen LogP contribution >= 0.6 is 47.3 Å². The maximum absolute atomic E-state index is 12.6. The first-order chi connectivity index (χ1) is 11.9. The van der Waals surface area contributed by atoms with E-state index in [0.29, 0.717) is 22.1 Å². The monoisotopic (exact) mass is 413 g/mol. The summed E-state index contributed by atoms with van der Waals surface area (Å²) in [5.41, 5.74) is 0.905.